The van der Waals surface area contributed by atoms with Gasteiger partial charge in [0.05, 0.1) is 0 Å². The molecule has 10 nitrogen and oxygen atoms in total. The van der Waals surface area contributed by atoms with Crippen molar-refractivity contribution in [3.05, 3.63) is 219 Å². The SMILES string of the molecule is O=C(OCc1ccccc1)C1(C(=O)OCc2ccccc2)c2cc3cc(N=c4c(=O)c5ccccc5c4=O)sc3cc2-c2cc3sc(N=c4c(=O)c5ccccc5c4=O)cc3cc21. The van der Waals surface area contributed by atoms with Crippen molar-refractivity contribution in [3.63, 3.8) is 0 Å². The van der Waals surface area contributed by atoms with Crippen LogP contribution in [0.25, 0.3) is 52.8 Å². The number of benzene rings is 6. The molecular weight excluding hydrogens is 833 g/mol. The van der Waals surface area contributed by atoms with Crippen LogP contribution < -0.4 is 32.4 Å². The molecule has 12 heteroatoms. The highest BCUT2D eigenvalue weighted by Crippen LogP contribution is 2.55. The largest absolute Gasteiger partial charge is 0.459 e. The average Bonchev–Trinajstić information content (AvgIpc) is 4.09. The zero-order valence-corrected chi connectivity index (χ0v) is 34.4. The molecule has 0 spiro atoms. The zero-order valence-electron chi connectivity index (χ0n) is 32.7. The normalized spacial score (nSPS) is 12.8. The summed E-state index contributed by atoms with van der Waals surface area (Å²) in [4.78, 5) is 92.5. The third-order valence-electron chi connectivity index (χ3n) is 11.6. The van der Waals surface area contributed by atoms with Crippen molar-refractivity contribution in [2.24, 2.45) is 9.98 Å². The van der Waals surface area contributed by atoms with Gasteiger partial charge >= 0.3 is 11.9 Å². The lowest BCUT2D eigenvalue weighted by Gasteiger charge is -2.28. The van der Waals surface area contributed by atoms with Gasteiger partial charge in [0, 0.05) is 30.9 Å². The molecule has 2 heterocycles. The minimum absolute atomic E-state index is 0.127. The maximum Gasteiger partial charge on any atom is 0.333 e. The second-order valence-corrected chi connectivity index (χ2v) is 17.4. The molecule has 302 valence electrons. The third kappa shape index (κ3) is 6.05. The molecule has 0 saturated carbocycles. The molecule has 63 heavy (non-hydrogen) atoms. The Morgan fingerprint density at radius 3 is 1.17 bits per heavy atom. The number of ether oxygens (including phenoxy) is 2. The summed E-state index contributed by atoms with van der Waals surface area (Å²) >= 11 is 2.51. The lowest BCUT2D eigenvalue weighted by atomic mass is 9.77. The van der Waals surface area contributed by atoms with E-state index >= 15 is 9.59 Å². The van der Waals surface area contributed by atoms with Crippen molar-refractivity contribution in [2.45, 2.75) is 18.6 Å². The van der Waals surface area contributed by atoms with Crippen LogP contribution in [0.5, 0.6) is 0 Å². The van der Waals surface area contributed by atoms with Crippen LogP contribution in [-0.4, -0.2) is 11.9 Å². The van der Waals surface area contributed by atoms with E-state index in [-0.39, 0.29) is 23.9 Å². The molecular formula is C51H28N2O8S2. The molecule has 0 aliphatic heterocycles. The minimum Gasteiger partial charge on any atom is -0.459 e. The lowest BCUT2D eigenvalue weighted by molar-refractivity contribution is -0.164. The standard InChI is InChI=1S/C51H28N2O8S2/c54-45-31-15-7-8-16-32(31)46(55)43(45)52-41-21-29-19-37-35(23-39(29)62-41)36-24-40-30(22-42(63-40)53-44-47(56)33-17-9-10-18-34(33)48(44)57)20-38(36)51(37,49(58)60-25-27-11-3-1-4-12-27)50(59)61-26-28-13-5-2-6-14-28/h1-24H,25-26H2. The molecule has 1 aliphatic carbocycles. The maximum atomic E-state index is 15.1. The van der Waals surface area contributed by atoms with E-state index in [0.29, 0.717) is 75.7 Å². The molecule has 0 radical (unpaired) electrons. The van der Waals surface area contributed by atoms with Crippen LogP contribution in [0.1, 0.15) is 22.3 Å². The summed E-state index contributed by atoms with van der Waals surface area (Å²) in [6, 6.07) is 42.2. The van der Waals surface area contributed by atoms with Crippen LogP contribution in [0, 0.1) is 0 Å². The molecule has 0 atom stereocenters. The van der Waals surface area contributed by atoms with Crippen LogP contribution in [-0.2, 0) is 37.7 Å². The molecule has 1 aliphatic rings. The van der Waals surface area contributed by atoms with Crippen LogP contribution in [0.15, 0.2) is 175 Å². The number of fused-ring (bicyclic) bond motifs is 7. The van der Waals surface area contributed by atoms with Gasteiger partial charge in [0.25, 0.3) is 0 Å². The van der Waals surface area contributed by atoms with Gasteiger partial charge in [-0.25, -0.2) is 9.98 Å². The number of hydrogen-bond acceptors (Lipinski definition) is 12. The Morgan fingerprint density at radius 1 is 0.460 bits per heavy atom. The predicted octanol–water partition coefficient (Wildman–Crippen LogP) is 7.83. The Morgan fingerprint density at radius 2 is 0.810 bits per heavy atom. The summed E-state index contributed by atoms with van der Waals surface area (Å²) in [7, 11) is 0. The second kappa shape index (κ2) is 14.7. The number of rotatable bonds is 8. The van der Waals surface area contributed by atoms with Crippen molar-refractivity contribution in [1.29, 1.82) is 0 Å². The molecule has 0 bridgehead atoms. The number of esters is 2. The highest BCUT2D eigenvalue weighted by atomic mass is 32.1. The first kappa shape index (κ1) is 38.1. The van der Waals surface area contributed by atoms with Gasteiger partial charge < -0.3 is 9.47 Å². The molecule has 10 aromatic rings. The number of nitrogens with zero attached hydrogens (tertiary/aromatic N) is 2. The average molecular weight is 861 g/mol. The Bertz CT molecular complexity index is 3540. The van der Waals surface area contributed by atoms with Gasteiger partial charge in [-0.15, -0.1) is 22.7 Å². The minimum atomic E-state index is -2.13. The van der Waals surface area contributed by atoms with Gasteiger partial charge in [-0.05, 0) is 80.6 Å². The summed E-state index contributed by atoms with van der Waals surface area (Å²) < 4.78 is 13.6. The summed E-state index contributed by atoms with van der Waals surface area (Å²) in [6.45, 7) is -0.255. The van der Waals surface area contributed by atoms with Crippen molar-refractivity contribution < 1.29 is 19.1 Å². The van der Waals surface area contributed by atoms with Crippen molar-refractivity contribution >= 4 is 86.3 Å². The Kier molecular flexibility index (Phi) is 8.89. The van der Waals surface area contributed by atoms with E-state index in [0.717, 1.165) is 9.40 Å². The maximum absolute atomic E-state index is 15.1. The summed E-state index contributed by atoms with van der Waals surface area (Å²) in [6.07, 6.45) is 0. The van der Waals surface area contributed by atoms with Crippen LogP contribution in [0.3, 0.4) is 0 Å². The van der Waals surface area contributed by atoms with Gasteiger partial charge in [0.1, 0.15) is 23.2 Å². The molecule has 8 aromatic carbocycles. The number of hydrogen-bond donors (Lipinski definition) is 0. The first-order chi connectivity index (χ1) is 30.7. The Balaban J connectivity index is 1.13. The molecule has 11 rings (SSSR count). The van der Waals surface area contributed by atoms with Gasteiger partial charge in [-0.3, -0.25) is 28.8 Å². The summed E-state index contributed by atoms with van der Waals surface area (Å²) in [5, 5.41) is 2.82. The van der Waals surface area contributed by atoms with E-state index in [9.17, 15) is 19.2 Å². The highest BCUT2D eigenvalue weighted by Gasteiger charge is 2.58. The molecule has 0 unspecified atom stereocenters. The summed E-state index contributed by atoms with van der Waals surface area (Å²) in [5.74, 6) is -1.70. The van der Waals surface area contributed by atoms with Gasteiger partial charge in [-0.1, -0.05) is 109 Å². The molecule has 0 saturated heterocycles. The fourth-order valence-corrected chi connectivity index (χ4v) is 10.5. The number of carbonyl (C=O) groups excluding carboxylic acids is 2. The smallest absolute Gasteiger partial charge is 0.333 e. The van der Waals surface area contributed by atoms with E-state index in [1.165, 1.54) is 22.7 Å². The quantitative estimate of drug-likeness (QED) is 0.111. The van der Waals surface area contributed by atoms with Crippen LogP contribution >= 0.6 is 22.7 Å². The Hall–Kier alpha value is -7.80. The second-order valence-electron chi connectivity index (χ2n) is 15.2. The van der Waals surface area contributed by atoms with E-state index in [1.807, 2.05) is 72.8 Å². The van der Waals surface area contributed by atoms with E-state index in [4.69, 9.17) is 9.47 Å². The van der Waals surface area contributed by atoms with Crippen LogP contribution in [0.4, 0.5) is 10.0 Å². The van der Waals surface area contributed by atoms with E-state index in [2.05, 4.69) is 9.98 Å². The lowest BCUT2D eigenvalue weighted by Crippen LogP contribution is -2.45. The van der Waals surface area contributed by atoms with E-state index in [1.54, 1.807) is 72.8 Å². The van der Waals surface area contributed by atoms with Crippen LogP contribution in [0.2, 0.25) is 0 Å². The molecule has 0 N–H and O–H groups in total. The first-order valence-electron chi connectivity index (χ1n) is 19.8. The number of thiophene rings is 2. The van der Waals surface area contributed by atoms with Crippen molar-refractivity contribution in [3.8, 4) is 11.1 Å². The third-order valence-corrected chi connectivity index (χ3v) is 13.5. The first-order valence-corrected chi connectivity index (χ1v) is 21.5. The van der Waals surface area contributed by atoms with Crippen molar-refractivity contribution in [2.75, 3.05) is 0 Å². The molecule has 2 aromatic heterocycles. The molecule has 0 amide bonds. The number of carbonyl (C=O) groups is 2. The van der Waals surface area contributed by atoms with Crippen molar-refractivity contribution in [1.82, 2.24) is 0 Å². The highest BCUT2D eigenvalue weighted by molar-refractivity contribution is 7.23. The summed E-state index contributed by atoms with van der Waals surface area (Å²) in [5.41, 5.74) is -0.750. The fourth-order valence-electron chi connectivity index (χ4n) is 8.55. The topological polar surface area (TPSA) is 146 Å². The fraction of sp³-hybridized carbons (Fsp3) is 0.0588. The van der Waals surface area contributed by atoms with Gasteiger partial charge in [0.2, 0.25) is 27.1 Å². The monoisotopic (exact) mass is 860 g/mol. The Labute approximate surface area is 363 Å². The van der Waals surface area contributed by atoms with E-state index < -0.39 is 39.1 Å². The molecule has 0 fully saturated rings. The van der Waals surface area contributed by atoms with Gasteiger partial charge in [0.15, 0.2) is 10.7 Å². The van der Waals surface area contributed by atoms with Gasteiger partial charge in [-0.2, -0.15) is 0 Å². The predicted molar refractivity (Wildman–Crippen MR) is 244 cm³/mol. The zero-order chi connectivity index (χ0) is 43.0.